The van der Waals surface area contributed by atoms with Gasteiger partial charge in [-0.05, 0) is 18.0 Å². The van der Waals surface area contributed by atoms with Crippen LogP contribution in [0.3, 0.4) is 0 Å². The van der Waals surface area contributed by atoms with Gasteiger partial charge in [-0.25, -0.2) is 0 Å². The molecule has 0 aliphatic carbocycles. The molecule has 0 amide bonds. The van der Waals surface area contributed by atoms with Gasteiger partial charge in [0, 0.05) is 11.0 Å². The monoisotopic (exact) mass is 276 g/mol. The molecule has 0 saturated carbocycles. The Morgan fingerprint density at radius 3 is 2.37 bits per heavy atom. The molecule has 1 rings (SSSR count). The van der Waals surface area contributed by atoms with E-state index in [1.807, 2.05) is 49.0 Å². The summed E-state index contributed by atoms with van der Waals surface area (Å²) >= 11 is 1.87. The van der Waals surface area contributed by atoms with E-state index in [2.05, 4.69) is 32.2 Å². The fourth-order valence-corrected chi connectivity index (χ4v) is 3.08. The summed E-state index contributed by atoms with van der Waals surface area (Å²) in [5.41, 5.74) is 0.479. The Kier molecular flexibility index (Phi) is 6.41. The molecule has 0 bridgehead atoms. The van der Waals surface area contributed by atoms with Gasteiger partial charge in [0.05, 0.1) is 6.07 Å². The molecule has 0 heterocycles. The summed E-state index contributed by atoms with van der Waals surface area (Å²) in [6.45, 7) is 9.52. The van der Waals surface area contributed by atoms with Crippen LogP contribution in [0.4, 0.5) is 0 Å². The average Bonchev–Trinajstić information content (AvgIpc) is 2.44. The van der Waals surface area contributed by atoms with Gasteiger partial charge in [-0.2, -0.15) is 17.0 Å². The molecule has 1 N–H and O–H groups in total. The van der Waals surface area contributed by atoms with Gasteiger partial charge in [0.1, 0.15) is 5.54 Å². The van der Waals surface area contributed by atoms with E-state index < -0.39 is 5.54 Å². The van der Waals surface area contributed by atoms with E-state index in [0.29, 0.717) is 11.2 Å². The van der Waals surface area contributed by atoms with Crippen LogP contribution in [0.5, 0.6) is 0 Å². The molecule has 1 aromatic carbocycles. The van der Waals surface area contributed by atoms with Gasteiger partial charge in [0.15, 0.2) is 0 Å². The molecule has 104 valence electrons. The molecule has 0 aromatic heterocycles. The molecule has 3 heteroatoms. The minimum atomic E-state index is -0.580. The first-order valence-electron chi connectivity index (χ1n) is 6.89. The molecular formula is C16H24N2S. The lowest BCUT2D eigenvalue weighted by Gasteiger charge is -2.29. The first-order chi connectivity index (χ1) is 9.05. The maximum absolute atomic E-state index is 9.69. The van der Waals surface area contributed by atoms with Crippen molar-refractivity contribution in [1.82, 2.24) is 5.32 Å². The van der Waals surface area contributed by atoms with Crippen molar-refractivity contribution in [3.8, 4) is 6.07 Å². The Balaban J connectivity index is 2.91. The lowest BCUT2D eigenvalue weighted by molar-refractivity contribution is 0.488. The van der Waals surface area contributed by atoms with Crippen molar-refractivity contribution in [2.45, 2.75) is 38.5 Å². The predicted octanol–water partition coefficient (Wildman–Crippen LogP) is 3.79. The summed E-state index contributed by atoms with van der Waals surface area (Å²) in [6.07, 6.45) is 0. The third kappa shape index (κ3) is 4.26. The number of thioether (sulfide) groups is 1. The Hall–Kier alpha value is -0.980. The third-order valence-electron chi connectivity index (χ3n) is 3.44. The minimum absolute atomic E-state index is 0.551. The summed E-state index contributed by atoms with van der Waals surface area (Å²) < 4.78 is 0. The van der Waals surface area contributed by atoms with E-state index in [9.17, 15) is 5.26 Å². The van der Waals surface area contributed by atoms with Crippen LogP contribution in [0.15, 0.2) is 30.3 Å². The molecule has 0 aliphatic heterocycles. The number of rotatable bonds is 7. The largest absolute Gasteiger partial charge is 0.295 e. The van der Waals surface area contributed by atoms with E-state index in [1.54, 1.807) is 0 Å². The number of nitrogens with one attached hydrogen (secondary N) is 1. The van der Waals surface area contributed by atoms with Crippen molar-refractivity contribution in [2.75, 3.05) is 12.3 Å². The van der Waals surface area contributed by atoms with Gasteiger partial charge in [-0.3, -0.25) is 5.32 Å². The number of hydrogen-bond donors (Lipinski definition) is 1. The molecule has 1 aromatic rings. The second kappa shape index (κ2) is 7.57. The Morgan fingerprint density at radius 1 is 1.26 bits per heavy atom. The van der Waals surface area contributed by atoms with E-state index >= 15 is 0 Å². The van der Waals surface area contributed by atoms with Crippen molar-refractivity contribution in [1.29, 1.82) is 5.26 Å². The lowest BCUT2D eigenvalue weighted by Crippen LogP contribution is -2.43. The zero-order valence-corrected chi connectivity index (χ0v) is 13.1. The van der Waals surface area contributed by atoms with Crippen LogP contribution in [0, 0.1) is 17.2 Å². The topological polar surface area (TPSA) is 35.8 Å². The zero-order chi connectivity index (χ0) is 14.3. The van der Waals surface area contributed by atoms with E-state index in [1.165, 1.54) is 0 Å². The standard InChI is InChI=1S/C16H24N2S/c1-5-18-16(11-17,12-19-14(4)13(2)3)15-9-7-6-8-10-15/h6-10,13-14,18H,5,12H2,1-4H3. The summed E-state index contributed by atoms with van der Waals surface area (Å²) in [5, 5.41) is 13.6. The van der Waals surface area contributed by atoms with E-state index in [-0.39, 0.29) is 0 Å². The van der Waals surface area contributed by atoms with Crippen molar-refractivity contribution in [3.05, 3.63) is 35.9 Å². The molecule has 0 fully saturated rings. The Morgan fingerprint density at radius 2 is 1.89 bits per heavy atom. The second-order valence-electron chi connectivity index (χ2n) is 5.17. The SMILES string of the molecule is CCNC(C#N)(CSC(C)C(C)C)c1ccccc1. The molecule has 0 radical (unpaired) electrons. The van der Waals surface area contributed by atoms with Crippen molar-refractivity contribution in [2.24, 2.45) is 5.92 Å². The van der Waals surface area contributed by atoms with Gasteiger partial charge in [0.25, 0.3) is 0 Å². The van der Waals surface area contributed by atoms with E-state index in [0.717, 1.165) is 17.9 Å². The molecule has 0 aliphatic rings. The molecule has 0 spiro atoms. The van der Waals surface area contributed by atoms with Crippen molar-refractivity contribution >= 4 is 11.8 Å². The fraction of sp³-hybridized carbons (Fsp3) is 0.562. The van der Waals surface area contributed by atoms with Crippen LogP contribution in [-0.2, 0) is 5.54 Å². The normalized spacial score (nSPS) is 15.8. The van der Waals surface area contributed by atoms with Gasteiger partial charge in [-0.1, -0.05) is 58.0 Å². The van der Waals surface area contributed by atoms with E-state index in [4.69, 9.17) is 0 Å². The summed E-state index contributed by atoms with van der Waals surface area (Å²) in [5.74, 6) is 1.40. The second-order valence-corrected chi connectivity index (χ2v) is 6.54. The highest BCUT2D eigenvalue weighted by molar-refractivity contribution is 7.99. The number of nitrogens with zero attached hydrogens (tertiary/aromatic N) is 1. The predicted molar refractivity (Wildman–Crippen MR) is 84.2 cm³/mol. The van der Waals surface area contributed by atoms with Gasteiger partial charge >= 0.3 is 0 Å². The minimum Gasteiger partial charge on any atom is -0.295 e. The molecule has 2 nitrogen and oxygen atoms in total. The summed E-state index contributed by atoms with van der Waals surface area (Å²) in [6, 6.07) is 12.5. The van der Waals surface area contributed by atoms with Crippen LogP contribution < -0.4 is 5.32 Å². The zero-order valence-electron chi connectivity index (χ0n) is 12.3. The van der Waals surface area contributed by atoms with Crippen LogP contribution in [0.1, 0.15) is 33.3 Å². The van der Waals surface area contributed by atoms with Crippen molar-refractivity contribution < 1.29 is 0 Å². The van der Waals surface area contributed by atoms with Gasteiger partial charge in [0.2, 0.25) is 0 Å². The molecule has 0 saturated heterocycles. The quantitative estimate of drug-likeness (QED) is 0.823. The van der Waals surface area contributed by atoms with Crippen LogP contribution in [0.25, 0.3) is 0 Å². The first-order valence-corrected chi connectivity index (χ1v) is 7.94. The molecule has 2 unspecified atom stereocenters. The smallest absolute Gasteiger partial charge is 0.141 e. The number of nitriles is 1. The fourth-order valence-electron chi connectivity index (χ4n) is 1.85. The molecule has 19 heavy (non-hydrogen) atoms. The summed E-state index contributed by atoms with van der Waals surface area (Å²) in [7, 11) is 0. The highest BCUT2D eigenvalue weighted by Gasteiger charge is 2.32. The highest BCUT2D eigenvalue weighted by Crippen LogP contribution is 2.29. The number of benzene rings is 1. The number of hydrogen-bond acceptors (Lipinski definition) is 3. The summed E-state index contributed by atoms with van der Waals surface area (Å²) in [4.78, 5) is 0. The molecule has 2 atom stereocenters. The van der Waals surface area contributed by atoms with Gasteiger partial charge < -0.3 is 0 Å². The van der Waals surface area contributed by atoms with Crippen molar-refractivity contribution in [3.63, 3.8) is 0 Å². The van der Waals surface area contributed by atoms with Crippen LogP contribution >= 0.6 is 11.8 Å². The maximum Gasteiger partial charge on any atom is 0.141 e. The Bertz CT molecular complexity index is 411. The average molecular weight is 276 g/mol. The highest BCUT2D eigenvalue weighted by atomic mass is 32.2. The van der Waals surface area contributed by atoms with Crippen LogP contribution in [0.2, 0.25) is 0 Å². The maximum atomic E-state index is 9.69. The first kappa shape index (κ1) is 16.1. The Labute approximate surface area is 121 Å². The molecular weight excluding hydrogens is 252 g/mol. The van der Waals surface area contributed by atoms with Gasteiger partial charge in [-0.15, -0.1) is 0 Å². The lowest BCUT2D eigenvalue weighted by atomic mass is 9.93. The third-order valence-corrected chi connectivity index (χ3v) is 5.11. The van der Waals surface area contributed by atoms with Crippen LogP contribution in [-0.4, -0.2) is 17.5 Å².